The smallest absolute Gasteiger partial charge is 0.410 e. The maximum absolute atomic E-state index is 12.8. The minimum atomic E-state index is -0.523. The molecule has 0 saturated carbocycles. The molecular weight excluding hydrogens is 366 g/mol. The minimum Gasteiger partial charge on any atom is -0.445 e. The Morgan fingerprint density at radius 2 is 1.97 bits per heavy atom. The molecule has 6 nitrogen and oxygen atoms in total. The maximum Gasteiger partial charge on any atom is 0.410 e. The van der Waals surface area contributed by atoms with Gasteiger partial charge in [0.15, 0.2) is 0 Å². The van der Waals surface area contributed by atoms with Crippen LogP contribution in [0.1, 0.15) is 24.1 Å². The minimum absolute atomic E-state index is 0.196. The summed E-state index contributed by atoms with van der Waals surface area (Å²) in [5, 5.41) is 3.89. The standard InChI is InChI=1S/C23H23N3O3/c1-16-9-10-18-14-19(11-12-20(18)24-16)25-22(27)21-8-5-13-26(21)23(28)29-15-17-6-3-2-4-7-17/h2-4,6-7,9-12,14,21H,5,8,13,15H2,1H3,(H,25,27)/t21-/m0/s1. The number of aromatic nitrogens is 1. The second-order valence-corrected chi connectivity index (χ2v) is 7.24. The number of benzene rings is 2. The van der Waals surface area contributed by atoms with Crippen molar-refractivity contribution in [3.8, 4) is 0 Å². The Hall–Kier alpha value is -3.41. The van der Waals surface area contributed by atoms with E-state index in [1.54, 1.807) is 0 Å². The lowest BCUT2D eigenvalue weighted by Gasteiger charge is -2.23. The van der Waals surface area contributed by atoms with Crippen molar-refractivity contribution in [2.45, 2.75) is 32.4 Å². The third kappa shape index (κ3) is 4.37. The van der Waals surface area contributed by atoms with Gasteiger partial charge >= 0.3 is 6.09 Å². The first-order chi connectivity index (χ1) is 14.1. The van der Waals surface area contributed by atoms with Crippen LogP contribution in [0, 0.1) is 6.92 Å². The maximum atomic E-state index is 12.8. The van der Waals surface area contributed by atoms with E-state index in [0.717, 1.165) is 28.6 Å². The van der Waals surface area contributed by atoms with Crippen LogP contribution in [-0.2, 0) is 16.1 Å². The topological polar surface area (TPSA) is 71.5 Å². The van der Waals surface area contributed by atoms with Gasteiger partial charge in [-0.25, -0.2) is 4.79 Å². The molecule has 1 aliphatic heterocycles. The number of pyridine rings is 1. The molecule has 1 fully saturated rings. The number of carbonyl (C=O) groups is 2. The summed E-state index contributed by atoms with van der Waals surface area (Å²) < 4.78 is 5.41. The predicted molar refractivity (Wildman–Crippen MR) is 111 cm³/mol. The zero-order chi connectivity index (χ0) is 20.2. The highest BCUT2D eigenvalue weighted by Gasteiger charge is 2.35. The van der Waals surface area contributed by atoms with Crippen molar-refractivity contribution in [2.75, 3.05) is 11.9 Å². The van der Waals surface area contributed by atoms with Crippen molar-refractivity contribution < 1.29 is 14.3 Å². The molecule has 1 N–H and O–H groups in total. The van der Waals surface area contributed by atoms with Gasteiger partial charge in [-0.2, -0.15) is 0 Å². The Balaban J connectivity index is 1.40. The van der Waals surface area contributed by atoms with Crippen molar-refractivity contribution >= 4 is 28.6 Å². The Bertz CT molecular complexity index is 1040. The highest BCUT2D eigenvalue weighted by molar-refractivity contribution is 5.98. The van der Waals surface area contributed by atoms with Gasteiger partial charge in [-0.05, 0) is 49.6 Å². The predicted octanol–water partition coefficient (Wildman–Crippen LogP) is 4.28. The number of hydrogen-bond acceptors (Lipinski definition) is 4. The lowest BCUT2D eigenvalue weighted by atomic mass is 10.1. The molecule has 1 atom stereocenters. The quantitative estimate of drug-likeness (QED) is 0.723. The van der Waals surface area contributed by atoms with Gasteiger partial charge in [0.2, 0.25) is 5.91 Å². The Morgan fingerprint density at radius 1 is 1.14 bits per heavy atom. The number of nitrogens with zero attached hydrogens (tertiary/aromatic N) is 2. The van der Waals surface area contributed by atoms with E-state index in [1.807, 2.05) is 67.6 Å². The molecule has 148 valence electrons. The van der Waals surface area contributed by atoms with E-state index < -0.39 is 12.1 Å². The molecule has 4 rings (SSSR count). The van der Waals surface area contributed by atoms with Gasteiger partial charge in [0.1, 0.15) is 12.6 Å². The Morgan fingerprint density at radius 3 is 2.79 bits per heavy atom. The summed E-state index contributed by atoms with van der Waals surface area (Å²) in [6.45, 7) is 2.66. The lowest BCUT2D eigenvalue weighted by Crippen LogP contribution is -2.43. The van der Waals surface area contributed by atoms with E-state index in [0.29, 0.717) is 18.7 Å². The van der Waals surface area contributed by atoms with E-state index in [1.165, 1.54) is 4.90 Å². The number of anilines is 1. The fourth-order valence-electron chi connectivity index (χ4n) is 3.59. The molecule has 3 aromatic rings. The Kier molecular flexibility index (Phi) is 5.42. The van der Waals surface area contributed by atoms with Crippen LogP contribution in [0.15, 0.2) is 60.7 Å². The molecule has 2 aromatic carbocycles. The van der Waals surface area contributed by atoms with Crippen LogP contribution in [0.3, 0.4) is 0 Å². The molecule has 2 heterocycles. The van der Waals surface area contributed by atoms with Gasteiger partial charge in [-0.3, -0.25) is 14.7 Å². The number of amides is 2. The van der Waals surface area contributed by atoms with Gasteiger partial charge in [0, 0.05) is 23.3 Å². The van der Waals surface area contributed by atoms with Gasteiger partial charge in [0.05, 0.1) is 5.52 Å². The first kappa shape index (κ1) is 18.9. The molecule has 0 aliphatic carbocycles. The summed E-state index contributed by atoms with van der Waals surface area (Å²) >= 11 is 0. The molecule has 0 radical (unpaired) electrons. The molecular formula is C23H23N3O3. The fraction of sp³-hybridized carbons (Fsp3) is 0.261. The van der Waals surface area contributed by atoms with Crippen molar-refractivity contribution in [3.63, 3.8) is 0 Å². The number of carbonyl (C=O) groups excluding carboxylic acids is 2. The number of hydrogen-bond donors (Lipinski definition) is 1. The molecule has 0 spiro atoms. The van der Waals surface area contributed by atoms with E-state index in [-0.39, 0.29) is 12.5 Å². The highest BCUT2D eigenvalue weighted by Crippen LogP contribution is 2.22. The second kappa shape index (κ2) is 8.31. The SMILES string of the molecule is Cc1ccc2cc(NC(=O)[C@@H]3CCCN3C(=O)OCc3ccccc3)ccc2n1. The zero-order valence-electron chi connectivity index (χ0n) is 16.3. The first-order valence-corrected chi connectivity index (χ1v) is 9.76. The summed E-state index contributed by atoms with van der Waals surface area (Å²) in [5.41, 5.74) is 3.44. The van der Waals surface area contributed by atoms with Gasteiger partial charge < -0.3 is 10.1 Å². The summed E-state index contributed by atoms with van der Waals surface area (Å²) in [7, 11) is 0. The lowest BCUT2D eigenvalue weighted by molar-refractivity contribution is -0.120. The molecule has 0 unspecified atom stereocenters. The number of nitrogens with one attached hydrogen (secondary N) is 1. The summed E-state index contributed by atoms with van der Waals surface area (Å²) in [5.74, 6) is -0.196. The van der Waals surface area contributed by atoms with E-state index in [2.05, 4.69) is 10.3 Å². The van der Waals surface area contributed by atoms with Crippen molar-refractivity contribution in [1.82, 2.24) is 9.88 Å². The van der Waals surface area contributed by atoms with Crippen LogP contribution in [0.5, 0.6) is 0 Å². The van der Waals surface area contributed by atoms with Gasteiger partial charge in [0.25, 0.3) is 0 Å². The van der Waals surface area contributed by atoms with E-state index >= 15 is 0 Å². The van der Waals surface area contributed by atoms with Crippen LogP contribution in [0.25, 0.3) is 10.9 Å². The van der Waals surface area contributed by atoms with Crippen LogP contribution in [-0.4, -0.2) is 34.5 Å². The van der Waals surface area contributed by atoms with Crippen LogP contribution >= 0.6 is 0 Å². The molecule has 0 bridgehead atoms. The third-order valence-corrected chi connectivity index (χ3v) is 5.09. The van der Waals surface area contributed by atoms with Crippen LogP contribution < -0.4 is 5.32 Å². The molecule has 1 aromatic heterocycles. The Labute approximate surface area is 169 Å². The van der Waals surface area contributed by atoms with Crippen molar-refractivity contribution in [2.24, 2.45) is 0 Å². The van der Waals surface area contributed by atoms with E-state index in [4.69, 9.17) is 4.74 Å². The number of aryl methyl sites for hydroxylation is 1. The average Bonchev–Trinajstić information content (AvgIpc) is 3.23. The zero-order valence-corrected chi connectivity index (χ0v) is 16.3. The summed E-state index contributed by atoms with van der Waals surface area (Å²) in [4.78, 5) is 31.3. The number of likely N-dealkylation sites (tertiary alicyclic amines) is 1. The van der Waals surface area contributed by atoms with Gasteiger partial charge in [-0.15, -0.1) is 0 Å². The molecule has 1 saturated heterocycles. The summed E-state index contributed by atoms with van der Waals surface area (Å²) in [6.07, 6.45) is 0.949. The number of rotatable bonds is 4. The normalized spacial score (nSPS) is 16.0. The molecule has 6 heteroatoms. The monoisotopic (exact) mass is 389 g/mol. The largest absolute Gasteiger partial charge is 0.445 e. The number of fused-ring (bicyclic) bond motifs is 1. The van der Waals surface area contributed by atoms with E-state index in [9.17, 15) is 9.59 Å². The van der Waals surface area contributed by atoms with Crippen molar-refractivity contribution in [3.05, 3.63) is 71.9 Å². The van der Waals surface area contributed by atoms with Crippen LogP contribution in [0.4, 0.5) is 10.5 Å². The van der Waals surface area contributed by atoms with Crippen LogP contribution in [0.2, 0.25) is 0 Å². The average molecular weight is 389 g/mol. The first-order valence-electron chi connectivity index (χ1n) is 9.76. The molecule has 29 heavy (non-hydrogen) atoms. The fourth-order valence-corrected chi connectivity index (χ4v) is 3.59. The van der Waals surface area contributed by atoms with Crippen molar-refractivity contribution in [1.29, 1.82) is 0 Å². The number of ether oxygens (including phenoxy) is 1. The van der Waals surface area contributed by atoms with Gasteiger partial charge in [-0.1, -0.05) is 36.4 Å². The summed E-state index contributed by atoms with van der Waals surface area (Å²) in [6, 6.07) is 18.5. The molecule has 1 aliphatic rings. The third-order valence-electron chi connectivity index (χ3n) is 5.09. The highest BCUT2D eigenvalue weighted by atomic mass is 16.6. The molecule has 2 amide bonds. The second-order valence-electron chi connectivity index (χ2n) is 7.24.